The first-order chi connectivity index (χ1) is 10.0. The number of ether oxygens (including phenoxy) is 1. The van der Waals surface area contributed by atoms with Gasteiger partial charge in [0.25, 0.3) is 0 Å². The molecule has 0 aliphatic heterocycles. The minimum atomic E-state index is -1.48. The Kier molecular flexibility index (Phi) is 4.70. The largest absolute Gasteiger partial charge is 0.496 e. The van der Waals surface area contributed by atoms with Crippen LogP contribution in [0.4, 0.5) is 18.9 Å². The first-order valence-corrected chi connectivity index (χ1v) is 6.20. The highest BCUT2D eigenvalue weighted by Gasteiger charge is 2.10. The number of halogens is 3. The molecule has 2 rings (SSSR count). The maximum Gasteiger partial charge on any atom is 0.194 e. The number of nitrogens with one attached hydrogen (secondary N) is 1. The van der Waals surface area contributed by atoms with Crippen molar-refractivity contribution < 1.29 is 23.0 Å². The first kappa shape index (κ1) is 15.2. The van der Waals surface area contributed by atoms with Crippen LogP contribution in [0, 0.1) is 17.5 Å². The van der Waals surface area contributed by atoms with E-state index in [0.717, 1.165) is 12.1 Å². The van der Waals surface area contributed by atoms with Gasteiger partial charge >= 0.3 is 0 Å². The minimum absolute atomic E-state index is 0.116. The SMILES string of the molecule is COc1ccc(NCc2cc(F)c(F)c(F)c2)cc1CO. The molecule has 0 fully saturated rings. The lowest BCUT2D eigenvalue weighted by Gasteiger charge is -2.11. The Hall–Kier alpha value is -2.21. The number of hydrogen-bond acceptors (Lipinski definition) is 3. The molecule has 0 aliphatic carbocycles. The lowest BCUT2D eigenvalue weighted by atomic mass is 10.1. The van der Waals surface area contributed by atoms with Crippen molar-refractivity contribution in [3.63, 3.8) is 0 Å². The molecule has 0 bridgehead atoms. The van der Waals surface area contributed by atoms with Gasteiger partial charge in [-0.1, -0.05) is 0 Å². The highest BCUT2D eigenvalue weighted by Crippen LogP contribution is 2.23. The molecular formula is C15H14F3NO2. The Labute approximate surface area is 120 Å². The van der Waals surface area contributed by atoms with E-state index in [9.17, 15) is 18.3 Å². The van der Waals surface area contributed by atoms with Gasteiger partial charge in [-0.15, -0.1) is 0 Å². The fourth-order valence-electron chi connectivity index (χ4n) is 1.93. The Bertz CT molecular complexity index is 624. The van der Waals surface area contributed by atoms with E-state index >= 15 is 0 Å². The van der Waals surface area contributed by atoms with Gasteiger partial charge in [0.2, 0.25) is 0 Å². The van der Waals surface area contributed by atoms with Crippen LogP contribution in [0.3, 0.4) is 0 Å². The van der Waals surface area contributed by atoms with E-state index < -0.39 is 17.5 Å². The Morgan fingerprint density at radius 2 is 1.76 bits per heavy atom. The zero-order valence-corrected chi connectivity index (χ0v) is 11.3. The van der Waals surface area contributed by atoms with Crippen molar-refractivity contribution in [2.45, 2.75) is 13.2 Å². The molecule has 0 amide bonds. The summed E-state index contributed by atoms with van der Waals surface area (Å²) in [4.78, 5) is 0. The Balaban J connectivity index is 2.13. The van der Waals surface area contributed by atoms with E-state index in [-0.39, 0.29) is 18.7 Å². The van der Waals surface area contributed by atoms with E-state index in [1.807, 2.05) is 0 Å². The highest BCUT2D eigenvalue weighted by molar-refractivity contribution is 5.51. The van der Waals surface area contributed by atoms with Gasteiger partial charge in [-0.25, -0.2) is 13.2 Å². The highest BCUT2D eigenvalue weighted by atomic mass is 19.2. The number of rotatable bonds is 5. The molecule has 3 nitrogen and oxygen atoms in total. The number of benzene rings is 2. The van der Waals surface area contributed by atoms with E-state index in [0.29, 0.717) is 17.0 Å². The predicted molar refractivity (Wildman–Crippen MR) is 72.6 cm³/mol. The van der Waals surface area contributed by atoms with Gasteiger partial charge in [-0.3, -0.25) is 0 Å². The molecule has 112 valence electrons. The van der Waals surface area contributed by atoms with Gasteiger partial charge in [0, 0.05) is 17.8 Å². The molecule has 2 aromatic rings. The third kappa shape index (κ3) is 3.46. The number of anilines is 1. The summed E-state index contributed by atoms with van der Waals surface area (Å²) in [5, 5.41) is 12.2. The van der Waals surface area contributed by atoms with Crippen molar-refractivity contribution in [2.24, 2.45) is 0 Å². The molecular weight excluding hydrogens is 283 g/mol. The lowest BCUT2D eigenvalue weighted by molar-refractivity contribution is 0.274. The van der Waals surface area contributed by atoms with Crippen LogP contribution in [0.25, 0.3) is 0 Å². The van der Waals surface area contributed by atoms with Gasteiger partial charge in [-0.2, -0.15) is 0 Å². The van der Waals surface area contributed by atoms with Crippen LogP contribution < -0.4 is 10.1 Å². The van der Waals surface area contributed by atoms with Gasteiger partial charge in [0.1, 0.15) is 5.75 Å². The fourth-order valence-corrected chi connectivity index (χ4v) is 1.93. The van der Waals surface area contributed by atoms with E-state index in [1.165, 1.54) is 7.11 Å². The molecule has 0 aromatic heterocycles. The topological polar surface area (TPSA) is 41.5 Å². The van der Waals surface area contributed by atoms with Gasteiger partial charge in [0.05, 0.1) is 13.7 Å². The Morgan fingerprint density at radius 1 is 1.10 bits per heavy atom. The molecule has 0 saturated carbocycles. The molecule has 2 N–H and O–H groups in total. The molecule has 0 heterocycles. The Morgan fingerprint density at radius 3 is 2.33 bits per heavy atom. The second-order valence-corrected chi connectivity index (χ2v) is 4.41. The van der Waals surface area contributed by atoms with Gasteiger partial charge < -0.3 is 15.2 Å². The molecule has 0 aliphatic rings. The van der Waals surface area contributed by atoms with Crippen molar-refractivity contribution in [1.82, 2.24) is 0 Å². The average molecular weight is 297 g/mol. The summed E-state index contributed by atoms with van der Waals surface area (Å²) in [5.74, 6) is -3.39. The number of aliphatic hydroxyl groups is 1. The molecule has 21 heavy (non-hydrogen) atoms. The first-order valence-electron chi connectivity index (χ1n) is 6.20. The number of aliphatic hydroxyl groups excluding tert-OH is 1. The summed E-state index contributed by atoms with van der Waals surface area (Å²) in [6.45, 7) is -0.0795. The predicted octanol–water partition coefficient (Wildman–Crippen LogP) is 3.22. The smallest absolute Gasteiger partial charge is 0.194 e. The average Bonchev–Trinajstić information content (AvgIpc) is 2.50. The zero-order chi connectivity index (χ0) is 15.4. The van der Waals surface area contributed by atoms with Crippen LogP contribution in [0.2, 0.25) is 0 Å². The van der Waals surface area contributed by atoms with Crippen LogP contribution in [-0.2, 0) is 13.2 Å². The third-order valence-electron chi connectivity index (χ3n) is 2.99. The molecule has 2 aromatic carbocycles. The number of hydrogen-bond donors (Lipinski definition) is 2. The van der Waals surface area contributed by atoms with Crippen molar-refractivity contribution >= 4 is 5.69 Å². The monoisotopic (exact) mass is 297 g/mol. The van der Waals surface area contributed by atoms with Crippen molar-refractivity contribution in [1.29, 1.82) is 0 Å². The molecule has 0 atom stereocenters. The van der Waals surface area contributed by atoms with Crippen molar-refractivity contribution in [2.75, 3.05) is 12.4 Å². The fraction of sp³-hybridized carbons (Fsp3) is 0.200. The minimum Gasteiger partial charge on any atom is -0.496 e. The van der Waals surface area contributed by atoms with Crippen LogP contribution in [0.1, 0.15) is 11.1 Å². The standard InChI is InChI=1S/C15H14F3NO2/c1-21-14-3-2-11(6-10(14)8-20)19-7-9-4-12(16)15(18)13(17)5-9/h2-6,19-20H,7-8H2,1H3. The zero-order valence-electron chi connectivity index (χ0n) is 11.3. The number of methoxy groups -OCH3 is 1. The molecule has 0 unspecified atom stereocenters. The summed E-state index contributed by atoms with van der Waals surface area (Å²) in [7, 11) is 1.49. The molecule has 0 saturated heterocycles. The normalized spacial score (nSPS) is 10.5. The van der Waals surface area contributed by atoms with Crippen molar-refractivity contribution in [3.8, 4) is 5.75 Å². The van der Waals surface area contributed by atoms with Gasteiger partial charge in [-0.05, 0) is 35.9 Å². The maximum absolute atomic E-state index is 13.1. The van der Waals surface area contributed by atoms with E-state index in [2.05, 4.69) is 5.32 Å². The molecule has 6 heteroatoms. The third-order valence-corrected chi connectivity index (χ3v) is 2.99. The van der Waals surface area contributed by atoms with Crippen LogP contribution in [0.5, 0.6) is 5.75 Å². The summed E-state index contributed by atoms with van der Waals surface area (Å²) in [6, 6.07) is 6.90. The van der Waals surface area contributed by atoms with Crippen molar-refractivity contribution in [3.05, 3.63) is 58.9 Å². The van der Waals surface area contributed by atoms with Crippen LogP contribution in [0.15, 0.2) is 30.3 Å². The summed E-state index contributed by atoms with van der Waals surface area (Å²) in [6.07, 6.45) is 0. The second kappa shape index (κ2) is 6.49. The summed E-state index contributed by atoms with van der Waals surface area (Å²) in [5.41, 5.74) is 1.50. The molecule has 0 spiro atoms. The quantitative estimate of drug-likeness (QED) is 0.833. The second-order valence-electron chi connectivity index (χ2n) is 4.41. The van der Waals surface area contributed by atoms with E-state index in [1.54, 1.807) is 18.2 Å². The summed E-state index contributed by atoms with van der Waals surface area (Å²) >= 11 is 0. The van der Waals surface area contributed by atoms with Gasteiger partial charge in [0.15, 0.2) is 17.5 Å². The summed E-state index contributed by atoms with van der Waals surface area (Å²) < 4.78 is 44.1. The maximum atomic E-state index is 13.1. The van der Waals surface area contributed by atoms with Crippen LogP contribution >= 0.6 is 0 Å². The lowest BCUT2D eigenvalue weighted by Crippen LogP contribution is -2.03. The van der Waals surface area contributed by atoms with Crippen LogP contribution in [-0.4, -0.2) is 12.2 Å². The van der Waals surface area contributed by atoms with E-state index in [4.69, 9.17) is 4.74 Å². The molecule has 0 radical (unpaired) electrons.